The minimum Gasteiger partial charge on any atom is -0.396 e. The van der Waals surface area contributed by atoms with Crippen molar-refractivity contribution in [2.45, 2.75) is 37.8 Å². The third kappa shape index (κ3) is 3.33. The van der Waals surface area contributed by atoms with Gasteiger partial charge in [-0.3, -0.25) is 4.79 Å². The summed E-state index contributed by atoms with van der Waals surface area (Å²) in [7, 11) is 0. The smallest absolute Gasteiger partial charge is 0.244 e. The molecule has 2 atom stereocenters. The molecule has 1 aliphatic heterocycles. The van der Waals surface area contributed by atoms with Crippen molar-refractivity contribution in [3.05, 3.63) is 35.9 Å². The Morgan fingerprint density at radius 1 is 1.42 bits per heavy atom. The fourth-order valence-electron chi connectivity index (χ4n) is 2.73. The van der Waals surface area contributed by atoms with E-state index >= 15 is 0 Å². The van der Waals surface area contributed by atoms with E-state index in [0.717, 1.165) is 37.8 Å². The van der Waals surface area contributed by atoms with Crippen LogP contribution >= 0.6 is 0 Å². The van der Waals surface area contributed by atoms with Gasteiger partial charge in [-0.2, -0.15) is 0 Å². The van der Waals surface area contributed by atoms with Gasteiger partial charge in [-0.25, -0.2) is 0 Å². The number of nitrogens with zero attached hydrogens (tertiary/aromatic N) is 1. The number of likely N-dealkylation sites (tertiary alicyclic amines) is 1. The molecule has 104 valence electrons. The topological polar surface area (TPSA) is 66.6 Å². The van der Waals surface area contributed by atoms with Gasteiger partial charge in [0.15, 0.2) is 0 Å². The molecule has 1 fully saturated rings. The Balaban J connectivity index is 2.02. The fraction of sp³-hybridized carbons (Fsp3) is 0.533. The van der Waals surface area contributed by atoms with Gasteiger partial charge in [0.2, 0.25) is 5.91 Å². The van der Waals surface area contributed by atoms with Crippen LogP contribution in [0.3, 0.4) is 0 Å². The summed E-state index contributed by atoms with van der Waals surface area (Å²) in [6.07, 6.45) is 3.66. The highest BCUT2D eigenvalue weighted by Gasteiger charge is 2.31. The van der Waals surface area contributed by atoms with Crippen molar-refractivity contribution in [1.29, 1.82) is 0 Å². The average molecular weight is 262 g/mol. The summed E-state index contributed by atoms with van der Waals surface area (Å²) in [4.78, 5) is 14.4. The Bertz CT molecular complexity index is 408. The molecular formula is C15H22N2O2. The van der Waals surface area contributed by atoms with Gasteiger partial charge in [0.25, 0.3) is 0 Å². The first kappa shape index (κ1) is 14.0. The van der Waals surface area contributed by atoms with Crippen molar-refractivity contribution in [3.8, 4) is 0 Å². The number of carbonyl (C=O) groups is 1. The van der Waals surface area contributed by atoms with E-state index in [-0.39, 0.29) is 18.6 Å². The first-order valence-corrected chi connectivity index (χ1v) is 6.96. The summed E-state index contributed by atoms with van der Waals surface area (Å²) in [5.41, 5.74) is 6.93. The van der Waals surface area contributed by atoms with Crippen LogP contribution in [0.5, 0.6) is 0 Å². The Morgan fingerprint density at radius 3 is 2.84 bits per heavy atom. The molecule has 0 aromatic heterocycles. The van der Waals surface area contributed by atoms with E-state index in [2.05, 4.69) is 0 Å². The quantitative estimate of drug-likeness (QED) is 0.844. The standard InChI is InChI=1S/C15H22N2O2/c16-14(12-6-2-1-3-7-12)15(19)17-10-4-8-13(17)9-5-11-18/h1-3,6-7,13-14,18H,4-5,8-11,16H2/t13?,14-/m0/s1. The predicted octanol–water partition coefficient (Wildman–Crippen LogP) is 1.45. The van der Waals surface area contributed by atoms with E-state index in [0.29, 0.717) is 0 Å². The van der Waals surface area contributed by atoms with Crippen molar-refractivity contribution < 1.29 is 9.90 Å². The van der Waals surface area contributed by atoms with Crippen LogP contribution in [0, 0.1) is 0 Å². The van der Waals surface area contributed by atoms with Crippen LogP contribution < -0.4 is 5.73 Å². The predicted molar refractivity (Wildman–Crippen MR) is 74.4 cm³/mol. The van der Waals surface area contributed by atoms with Crippen LogP contribution in [-0.2, 0) is 4.79 Å². The van der Waals surface area contributed by atoms with Crippen molar-refractivity contribution in [3.63, 3.8) is 0 Å². The SMILES string of the molecule is N[C@H](C(=O)N1CCCC1CCCO)c1ccccc1. The van der Waals surface area contributed by atoms with E-state index in [1.54, 1.807) is 0 Å². The van der Waals surface area contributed by atoms with E-state index in [9.17, 15) is 4.79 Å². The summed E-state index contributed by atoms with van der Waals surface area (Å²) in [5.74, 6) is 0.00615. The molecule has 19 heavy (non-hydrogen) atoms. The fourth-order valence-corrected chi connectivity index (χ4v) is 2.73. The second-order valence-electron chi connectivity index (χ2n) is 5.08. The Hall–Kier alpha value is -1.39. The zero-order valence-corrected chi connectivity index (χ0v) is 11.2. The number of carbonyl (C=O) groups excluding carboxylic acids is 1. The lowest BCUT2D eigenvalue weighted by atomic mass is 10.0. The molecule has 1 aromatic rings. The first-order chi connectivity index (χ1) is 9.24. The first-order valence-electron chi connectivity index (χ1n) is 6.96. The summed E-state index contributed by atoms with van der Waals surface area (Å²) < 4.78 is 0. The molecular weight excluding hydrogens is 240 g/mol. The number of hydrogen-bond acceptors (Lipinski definition) is 3. The van der Waals surface area contributed by atoms with Crippen molar-refractivity contribution in [2.75, 3.05) is 13.2 Å². The van der Waals surface area contributed by atoms with Crippen LogP contribution in [0.4, 0.5) is 0 Å². The van der Waals surface area contributed by atoms with Crippen LogP contribution in [0.1, 0.15) is 37.3 Å². The largest absolute Gasteiger partial charge is 0.396 e. The van der Waals surface area contributed by atoms with Gasteiger partial charge in [0, 0.05) is 19.2 Å². The molecule has 2 rings (SSSR count). The number of aliphatic hydroxyl groups excluding tert-OH is 1. The molecule has 0 spiro atoms. The zero-order chi connectivity index (χ0) is 13.7. The number of amides is 1. The summed E-state index contributed by atoms with van der Waals surface area (Å²) in [6.45, 7) is 0.971. The van der Waals surface area contributed by atoms with E-state index < -0.39 is 6.04 Å². The van der Waals surface area contributed by atoms with Gasteiger partial charge in [0.05, 0.1) is 0 Å². The maximum absolute atomic E-state index is 12.5. The monoisotopic (exact) mass is 262 g/mol. The Labute approximate surface area is 114 Å². The van der Waals surface area contributed by atoms with Crippen molar-refractivity contribution >= 4 is 5.91 Å². The van der Waals surface area contributed by atoms with E-state index in [1.807, 2.05) is 35.2 Å². The molecule has 0 bridgehead atoms. The van der Waals surface area contributed by atoms with Gasteiger partial charge in [-0.15, -0.1) is 0 Å². The second kappa shape index (κ2) is 6.68. The maximum atomic E-state index is 12.5. The zero-order valence-electron chi connectivity index (χ0n) is 11.2. The Morgan fingerprint density at radius 2 is 2.16 bits per heavy atom. The third-order valence-electron chi connectivity index (χ3n) is 3.78. The molecule has 1 heterocycles. The van der Waals surface area contributed by atoms with Crippen LogP contribution in [-0.4, -0.2) is 35.1 Å². The van der Waals surface area contributed by atoms with Gasteiger partial charge in [0.1, 0.15) is 6.04 Å². The molecule has 3 N–H and O–H groups in total. The van der Waals surface area contributed by atoms with Gasteiger partial charge in [-0.05, 0) is 31.2 Å². The number of rotatable bonds is 5. The lowest BCUT2D eigenvalue weighted by molar-refractivity contribution is -0.133. The minimum atomic E-state index is -0.573. The highest BCUT2D eigenvalue weighted by atomic mass is 16.3. The van der Waals surface area contributed by atoms with Gasteiger partial charge in [-0.1, -0.05) is 30.3 Å². The lowest BCUT2D eigenvalue weighted by Gasteiger charge is -2.27. The van der Waals surface area contributed by atoms with Crippen LogP contribution in [0.2, 0.25) is 0 Å². The number of benzene rings is 1. The number of aliphatic hydroxyl groups is 1. The molecule has 1 unspecified atom stereocenters. The highest BCUT2D eigenvalue weighted by Crippen LogP contribution is 2.24. The number of hydrogen-bond donors (Lipinski definition) is 2. The van der Waals surface area contributed by atoms with E-state index in [4.69, 9.17) is 10.8 Å². The molecule has 0 aliphatic carbocycles. The van der Waals surface area contributed by atoms with Crippen LogP contribution in [0.25, 0.3) is 0 Å². The summed E-state index contributed by atoms with van der Waals surface area (Å²) >= 11 is 0. The molecule has 0 saturated carbocycles. The van der Waals surface area contributed by atoms with Crippen molar-refractivity contribution in [1.82, 2.24) is 4.90 Å². The highest BCUT2D eigenvalue weighted by molar-refractivity contribution is 5.83. The van der Waals surface area contributed by atoms with Crippen molar-refractivity contribution in [2.24, 2.45) is 5.73 Å². The molecule has 1 saturated heterocycles. The Kier molecular flexibility index (Phi) is 4.93. The maximum Gasteiger partial charge on any atom is 0.244 e. The lowest BCUT2D eigenvalue weighted by Crippen LogP contribution is -2.41. The normalized spacial score (nSPS) is 20.5. The molecule has 4 nitrogen and oxygen atoms in total. The summed E-state index contributed by atoms with van der Waals surface area (Å²) in [5, 5.41) is 8.91. The second-order valence-corrected chi connectivity index (χ2v) is 5.08. The average Bonchev–Trinajstić information content (AvgIpc) is 2.92. The van der Waals surface area contributed by atoms with Gasteiger partial charge >= 0.3 is 0 Å². The molecule has 1 aromatic carbocycles. The third-order valence-corrected chi connectivity index (χ3v) is 3.78. The van der Waals surface area contributed by atoms with Gasteiger partial charge < -0.3 is 15.7 Å². The molecule has 4 heteroatoms. The van der Waals surface area contributed by atoms with E-state index in [1.165, 1.54) is 0 Å². The van der Waals surface area contributed by atoms with Crippen LogP contribution in [0.15, 0.2) is 30.3 Å². The number of nitrogens with two attached hydrogens (primary N) is 1. The molecule has 1 aliphatic rings. The molecule has 0 radical (unpaired) electrons. The molecule has 1 amide bonds. The minimum absolute atomic E-state index is 0.00615. The summed E-state index contributed by atoms with van der Waals surface area (Å²) in [6, 6.07) is 9.17.